The van der Waals surface area contributed by atoms with E-state index in [1.165, 1.54) is 4.88 Å². The van der Waals surface area contributed by atoms with E-state index in [2.05, 4.69) is 31.2 Å². The standard InChI is InChI=1S/C19H14N2OS/c1-11-6-9-16(23-11)17-14-8-7-12-4-2-3-5-13(12)18(14)22-19(21)15(17)10-20/h2-9,17H,21H2,1H3. The molecule has 3 aromatic rings. The number of nitriles is 1. The Bertz CT molecular complexity index is 994. The zero-order valence-corrected chi connectivity index (χ0v) is 13.4. The topological polar surface area (TPSA) is 59.0 Å². The van der Waals surface area contributed by atoms with Gasteiger partial charge in [-0.05, 0) is 24.4 Å². The van der Waals surface area contributed by atoms with E-state index in [1.54, 1.807) is 11.3 Å². The van der Waals surface area contributed by atoms with Crippen molar-refractivity contribution in [2.45, 2.75) is 12.8 Å². The molecule has 3 nitrogen and oxygen atoms in total. The number of allylic oxidation sites excluding steroid dienone is 1. The van der Waals surface area contributed by atoms with Crippen LogP contribution in [0, 0.1) is 18.3 Å². The van der Waals surface area contributed by atoms with Crippen molar-refractivity contribution in [1.29, 1.82) is 5.26 Å². The lowest BCUT2D eigenvalue weighted by Crippen LogP contribution is -2.20. The van der Waals surface area contributed by atoms with E-state index in [-0.39, 0.29) is 11.8 Å². The highest BCUT2D eigenvalue weighted by atomic mass is 32.1. The van der Waals surface area contributed by atoms with Crippen molar-refractivity contribution in [2.75, 3.05) is 0 Å². The second-order valence-corrected chi connectivity index (χ2v) is 6.90. The van der Waals surface area contributed by atoms with Gasteiger partial charge in [-0.1, -0.05) is 36.4 Å². The number of hydrogen-bond acceptors (Lipinski definition) is 4. The molecule has 4 heteroatoms. The van der Waals surface area contributed by atoms with Crippen LogP contribution in [0.5, 0.6) is 5.75 Å². The molecule has 0 saturated carbocycles. The lowest BCUT2D eigenvalue weighted by molar-refractivity contribution is 0.399. The maximum absolute atomic E-state index is 9.58. The Morgan fingerprint density at radius 2 is 1.96 bits per heavy atom. The van der Waals surface area contributed by atoms with Crippen molar-refractivity contribution in [2.24, 2.45) is 5.73 Å². The van der Waals surface area contributed by atoms with Crippen LogP contribution in [0.4, 0.5) is 0 Å². The molecular weight excluding hydrogens is 304 g/mol. The predicted octanol–water partition coefficient (Wildman–Crippen LogP) is 4.43. The second kappa shape index (κ2) is 5.15. The smallest absolute Gasteiger partial charge is 0.205 e. The molecule has 23 heavy (non-hydrogen) atoms. The van der Waals surface area contributed by atoms with Gasteiger partial charge < -0.3 is 10.5 Å². The molecule has 0 spiro atoms. The zero-order valence-electron chi connectivity index (χ0n) is 12.5. The van der Waals surface area contributed by atoms with Crippen LogP contribution >= 0.6 is 11.3 Å². The van der Waals surface area contributed by atoms with Gasteiger partial charge in [0.15, 0.2) is 0 Å². The lowest BCUT2D eigenvalue weighted by Gasteiger charge is -2.26. The van der Waals surface area contributed by atoms with Crippen LogP contribution in [0.2, 0.25) is 0 Å². The summed E-state index contributed by atoms with van der Waals surface area (Å²) in [5.41, 5.74) is 7.55. The molecule has 0 radical (unpaired) electrons. The van der Waals surface area contributed by atoms with E-state index in [9.17, 15) is 5.26 Å². The largest absolute Gasteiger partial charge is 0.440 e. The molecule has 0 aliphatic carbocycles. The minimum absolute atomic E-state index is 0.160. The SMILES string of the molecule is Cc1ccc(C2C(C#N)=C(N)Oc3c2ccc2ccccc32)s1. The number of nitrogens with zero attached hydrogens (tertiary/aromatic N) is 1. The minimum Gasteiger partial charge on any atom is -0.440 e. The van der Waals surface area contributed by atoms with Crippen LogP contribution in [0.3, 0.4) is 0 Å². The first-order valence-electron chi connectivity index (χ1n) is 7.34. The third kappa shape index (κ3) is 2.09. The molecule has 0 bridgehead atoms. The molecule has 2 heterocycles. The summed E-state index contributed by atoms with van der Waals surface area (Å²) in [4.78, 5) is 2.33. The number of benzene rings is 2. The van der Waals surface area contributed by atoms with Crippen LogP contribution < -0.4 is 10.5 Å². The summed E-state index contributed by atoms with van der Waals surface area (Å²) in [6.07, 6.45) is 0. The van der Waals surface area contributed by atoms with Crippen LogP contribution in [-0.2, 0) is 0 Å². The van der Waals surface area contributed by atoms with Gasteiger partial charge in [0.1, 0.15) is 17.4 Å². The van der Waals surface area contributed by atoms with Gasteiger partial charge in [-0.2, -0.15) is 5.26 Å². The van der Waals surface area contributed by atoms with Gasteiger partial charge in [0.2, 0.25) is 5.88 Å². The summed E-state index contributed by atoms with van der Waals surface area (Å²) in [6.45, 7) is 2.06. The van der Waals surface area contributed by atoms with Crippen molar-refractivity contribution in [3.05, 3.63) is 75.3 Å². The molecule has 2 aromatic carbocycles. The van der Waals surface area contributed by atoms with Gasteiger partial charge in [0.25, 0.3) is 0 Å². The molecule has 1 atom stereocenters. The molecule has 1 unspecified atom stereocenters. The quantitative estimate of drug-likeness (QED) is 0.722. The third-order valence-electron chi connectivity index (χ3n) is 4.15. The Kier molecular flexibility index (Phi) is 3.10. The molecule has 0 fully saturated rings. The minimum atomic E-state index is -0.160. The van der Waals surface area contributed by atoms with Crippen molar-refractivity contribution in [3.8, 4) is 11.8 Å². The third-order valence-corrected chi connectivity index (χ3v) is 5.22. The number of fused-ring (bicyclic) bond motifs is 3. The average Bonchev–Trinajstić information content (AvgIpc) is 2.99. The molecular formula is C19H14N2OS. The molecule has 112 valence electrons. The predicted molar refractivity (Wildman–Crippen MR) is 92.3 cm³/mol. The monoisotopic (exact) mass is 318 g/mol. The highest BCUT2D eigenvalue weighted by Crippen LogP contribution is 2.46. The summed E-state index contributed by atoms with van der Waals surface area (Å²) < 4.78 is 5.85. The van der Waals surface area contributed by atoms with Crippen molar-refractivity contribution >= 4 is 22.1 Å². The summed E-state index contributed by atoms with van der Waals surface area (Å²) >= 11 is 1.69. The zero-order chi connectivity index (χ0) is 16.0. The molecule has 4 rings (SSSR count). The Morgan fingerprint density at radius 1 is 1.13 bits per heavy atom. The lowest BCUT2D eigenvalue weighted by atomic mass is 9.86. The Labute approximate surface area is 138 Å². The maximum atomic E-state index is 9.58. The number of rotatable bonds is 1. The molecule has 0 saturated heterocycles. The first-order valence-corrected chi connectivity index (χ1v) is 8.16. The van der Waals surface area contributed by atoms with Gasteiger partial charge in [0, 0.05) is 20.7 Å². The van der Waals surface area contributed by atoms with E-state index in [4.69, 9.17) is 10.5 Å². The summed E-state index contributed by atoms with van der Waals surface area (Å²) in [5.74, 6) is 0.801. The van der Waals surface area contributed by atoms with Crippen molar-refractivity contribution in [1.82, 2.24) is 0 Å². The summed E-state index contributed by atoms with van der Waals surface area (Å²) in [5, 5.41) is 11.7. The van der Waals surface area contributed by atoms with Crippen molar-refractivity contribution < 1.29 is 4.74 Å². The van der Waals surface area contributed by atoms with Gasteiger partial charge in [-0.25, -0.2) is 0 Å². The fourth-order valence-electron chi connectivity index (χ4n) is 3.09. The van der Waals surface area contributed by atoms with E-state index < -0.39 is 0 Å². The van der Waals surface area contributed by atoms with Gasteiger partial charge in [-0.15, -0.1) is 11.3 Å². The molecule has 1 aliphatic heterocycles. The van der Waals surface area contributed by atoms with E-state index in [0.29, 0.717) is 5.57 Å². The van der Waals surface area contributed by atoms with Crippen LogP contribution in [0.15, 0.2) is 60.0 Å². The number of ether oxygens (including phenoxy) is 1. The first kappa shape index (κ1) is 13.9. The van der Waals surface area contributed by atoms with Gasteiger partial charge >= 0.3 is 0 Å². The number of aryl methyl sites for hydroxylation is 1. The highest BCUT2D eigenvalue weighted by Gasteiger charge is 2.32. The first-order chi connectivity index (χ1) is 11.2. The van der Waals surface area contributed by atoms with Gasteiger partial charge in [-0.3, -0.25) is 0 Å². The fourth-order valence-corrected chi connectivity index (χ4v) is 4.09. The van der Waals surface area contributed by atoms with E-state index in [1.807, 2.05) is 30.3 Å². The van der Waals surface area contributed by atoms with Gasteiger partial charge in [0.05, 0.1) is 5.92 Å². The van der Waals surface area contributed by atoms with Crippen molar-refractivity contribution in [3.63, 3.8) is 0 Å². The average molecular weight is 318 g/mol. The number of nitrogens with two attached hydrogens (primary N) is 1. The van der Waals surface area contributed by atoms with Crippen LogP contribution in [-0.4, -0.2) is 0 Å². The fraction of sp³-hybridized carbons (Fsp3) is 0.105. The Morgan fingerprint density at radius 3 is 2.70 bits per heavy atom. The van der Waals surface area contributed by atoms with Crippen LogP contribution in [0.25, 0.3) is 10.8 Å². The Balaban J connectivity index is 2.02. The summed E-state index contributed by atoms with van der Waals surface area (Å²) in [6, 6.07) is 18.5. The highest BCUT2D eigenvalue weighted by molar-refractivity contribution is 7.12. The van der Waals surface area contributed by atoms with E-state index >= 15 is 0 Å². The van der Waals surface area contributed by atoms with E-state index in [0.717, 1.165) is 27.0 Å². The number of hydrogen-bond donors (Lipinski definition) is 1. The van der Waals surface area contributed by atoms with Crippen LogP contribution in [0.1, 0.15) is 21.2 Å². The maximum Gasteiger partial charge on any atom is 0.205 e. The number of thiophene rings is 1. The normalized spacial score (nSPS) is 16.8. The summed E-state index contributed by atoms with van der Waals surface area (Å²) in [7, 11) is 0. The molecule has 0 amide bonds. The molecule has 1 aliphatic rings. The second-order valence-electron chi connectivity index (χ2n) is 5.58. The Hall–Kier alpha value is -2.77. The molecule has 1 aromatic heterocycles. The molecule has 2 N–H and O–H groups in total.